The van der Waals surface area contributed by atoms with Gasteiger partial charge in [-0.25, -0.2) is 0 Å². The lowest BCUT2D eigenvalue weighted by molar-refractivity contribution is 0.0938. The van der Waals surface area contributed by atoms with Gasteiger partial charge in [-0.3, -0.25) is 4.79 Å². The lowest BCUT2D eigenvalue weighted by Crippen LogP contribution is -2.26. The van der Waals surface area contributed by atoms with E-state index in [1.807, 2.05) is 31.2 Å². The van der Waals surface area contributed by atoms with Gasteiger partial charge in [-0.2, -0.15) is 0 Å². The van der Waals surface area contributed by atoms with Crippen molar-refractivity contribution in [1.82, 2.24) is 5.32 Å². The molecule has 0 saturated carbocycles. The highest BCUT2D eigenvalue weighted by Crippen LogP contribution is 2.22. The molecule has 0 saturated heterocycles. The van der Waals surface area contributed by atoms with Gasteiger partial charge in [0.05, 0.1) is 17.9 Å². The molecule has 1 atom stereocenters. The van der Waals surface area contributed by atoms with Crippen molar-refractivity contribution in [2.45, 2.75) is 19.9 Å². The minimum atomic E-state index is -0.159. The molecule has 0 aliphatic carbocycles. The van der Waals surface area contributed by atoms with Crippen LogP contribution in [0.4, 0.5) is 0 Å². The van der Waals surface area contributed by atoms with Crippen molar-refractivity contribution >= 4 is 17.5 Å². The molecule has 0 aliphatic heterocycles. The van der Waals surface area contributed by atoms with Crippen LogP contribution in [0.3, 0.4) is 0 Å². The van der Waals surface area contributed by atoms with E-state index < -0.39 is 0 Å². The minimum absolute atomic E-state index is 0.152. The Kier molecular flexibility index (Phi) is 3.72. The van der Waals surface area contributed by atoms with E-state index in [-0.39, 0.29) is 11.9 Å². The Morgan fingerprint density at radius 1 is 1.33 bits per heavy atom. The molecule has 1 aromatic carbocycles. The maximum atomic E-state index is 12.0. The van der Waals surface area contributed by atoms with Crippen LogP contribution >= 0.6 is 11.6 Å². The average Bonchev–Trinajstić information content (AvgIpc) is 2.76. The zero-order chi connectivity index (χ0) is 13.1. The molecule has 1 N–H and O–H groups in total. The summed E-state index contributed by atoms with van der Waals surface area (Å²) in [4.78, 5) is 12.0. The molecule has 3 nitrogen and oxygen atoms in total. The molecule has 2 rings (SSSR count). The van der Waals surface area contributed by atoms with Crippen LogP contribution in [0.25, 0.3) is 0 Å². The number of furan rings is 1. The van der Waals surface area contributed by atoms with Crippen molar-refractivity contribution in [1.29, 1.82) is 0 Å². The van der Waals surface area contributed by atoms with Crippen molar-refractivity contribution in [3.8, 4) is 0 Å². The number of halogens is 1. The number of benzene rings is 1. The summed E-state index contributed by atoms with van der Waals surface area (Å²) in [6, 6.07) is 8.97. The Hall–Kier alpha value is -1.74. The van der Waals surface area contributed by atoms with Crippen molar-refractivity contribution in [2.24, 2.45) is 0 Å². The van der Waals surface area contributed by atoms with Gasteiger partial charge in [0.25, 0.3) is 5.91 Å². The molecule has 0 spiro atoms. The van der Waals surface area contributed by atoms with Gasteiger partial charge < -0.3 is 9.73 Å². The summed E-state index contributed by atoms with van der Waals surface area (Å²) >= 11 is 6.09. The standard InChI is InChI=1S/C14H14ClNO2/c1-9(11-5-3-4-6-13(11)15)16-14(17)12-7-8-18-10(12)2/h3-9H,1-2H3,(H,16,17). The van der Waals surface area contributed by atoms with Crippen LogP contribution in [0, 0.1) is 6.92 Å². The first-order valence-corrected chi connectivity index (χ1v) is 6.06. The van der Waals surface area contributed by atoms with E-state index in [4.69, 9.17) is 16.0 Å². The number of nitrogens with one attached hydrogen (secondary N) is 1. The van der Waals surface area contributed by atoms with E-state index in [0.29, 0.717) is 16.3 Å². The zero-order valence-electron chi connectivity index (χ0n) is 10.2. The van der Waals surface area contributed by atoms with Gasteiger partial charge in [-0.1, -0.05) is 29.8 Å². The topological polar surface area (TPSA) is 42.2 Å². The fraction of sp³-hybridized carbons (Fsp3) is 0.214. The lowest BCUT2D eigenvalue weighted by Gasteiger charge is -2.15. The first-order chi connectivity index (χ1) is 8.59. The highest BCUT2D eigenvalue weighted by atomic mass is 35.5. The van der Waals surface area contributed by atoms with Gasteiger partial charge >= 0.3 is 0 Å². The summed E-state index contributed by atoms with van der Waals surface area (Å²) in [5, 5.41) is 3.54. The molecule has 0 fully saturated rings. The molecular weight excluding hydrogens is 250 g/mol. The van der Waals surface area contributed by atoms with Crippen molar-refractivity contribution in [2.75, 3.05) is 0 Å². The molecule has 94 valence electrons. The van der Waals surface area contributed by atoms with Crippen LogP contribution in [-0.4, -0.2) is 5.91 Å². The number of hydrogen-bond donors (Lipinski definition) is 1. The molecule has 1 aromatic heterocycles. The fourth-order valence-corrected chi connectivity index (χ4v) is 2.10. The predicted octanol–water partition coefficient (Wildman–Crippen LogP) is 3.73. The second-order valence-corrected chi connectivity index (χ2v) is 4.51. The average molecular weight is 264 g/mol. The van der Waals surface area contributed by atoms with E-state index in [0.717, 1.165) is 5.56 Å². The third kappa shape index (κ3) is 2.57. The minimum Gasteiger partial charge on any atom is -0.469 e. The quantitative estimate of drug-likeness (QED) is 0.917. The van der Waals surface area contributed by atoms with Gasteiger partial charge in [0.1, 0.15) is 5.76 Å². The summed E-state index contributed by atoms with van der Waals surface area (Å²) in [5.74, 6) is 0.451. The molecule has 0 bridgehead atoms. The van der Waals surface area contributed by atoms with E-state index in [1.54, 1.807) is 13.0 Å². The molecule has 0 radical (unpaired) electrons. The molecular formula is C14H14ClNO2. The summed E-state index contributed by atoms with van der Waals surface area (Å²) in [6.07, 6.45) is 1.50. The molecule has 2 aromatic rings. The van der Waals surface area contributed by atoms with Crippen molar-refractivity contribution in [3.63, 3.8) is 0 Å². The Morgan fingerprint density at radius 2 is 2.06 bits per heavy atom. The summed E-state index contributed by atoms with van der Waals surface area (Å²) < 4.78 is 5.11. The maximum absolute atomic E-state index is 12.0. The third-order valence-corrected chi connectivity index (χ3v) is 3.17. The molecule has 1 amide bonds. The number of hydrogen-bond acceptors (Lipinski definition) is 2. The Balaban J connectivity index is 2.13. The van der Waals surface area contributed by atoms with Crippen molar-refractivity contribution in [3.05, 3.63) is 58.5 Å². The smallest absolute Gasteiger partial charge is 0.255 e. The Morgan fingerprint density at radius 3 is 2.67 bits per heavy atom. The normalized spacial score (nSPS) is 12.2. The van der Waals surface area contributed by atoms with Crippen molar-refractivity contribution < 1.29 is 9.21 Å². The number of amides is 1. The molecule has 4 heteroatoms. The van der Waals surface area contributed by atoms with E-state index in [1.165, 1.54) is 6.26 Å². The molecule has 18 heavy (non-hydrogen) atoms. The van der Waals surface area contributed by atoms with E-state index >= 15 is 0 Å². The third-order valence-electron chi connectivity index (χ3n) is 2.82. The number of carbonyl (C=O) groups excluding carboxylic acids is 1. The van der Waals surface area contributed by atoms with Gasteiger partial charge in [0, 0.05) is 5.02 Å². The van der Waals surface area contributed by atoms with Crippen LogP contribution < -0.4 is 5.32 Å². The lowest BCUT2D eigenvalue weighted by atomic mass is 10.1. The first kappa shape index (κ1) is 12.7. The zero-order valence-corrected chi connectivity index (χ0v) is 11.0. The predicted molar refractivity (Wildman–Crippen MR) is 70.8 cm³/mol. The number of carbonyl (C=O) groups is 1. The Labute approximate surface area is 111 Å². The van der Waals surface area contributed by atoms with Gasteiger partial charge in [-0.15, -0.1) is 0 Å². The first-order valence-electron chi connectivity index (χ1n) is 5.69. The van der Waals surface area contributed by atoms with Crippen LogP contribution in [0.1, 0.15) is 34.6 Å². The van der Waals surface area contributed by atoms with Crippen LogP contribution in [0.5, 0.6) is 0 Å². The molecule has 0 aliphatic rings. The van der Waals surface area contributed by atoms with Crippen LogP contribution in [-0.2, 0) is 0 Å². The van der Waals surface area contributed by atoms with E-state index in [2.05, 4.69) is 5.32 Å². The Bertz CT molecular complexity index is 562. The highest BCUT2D eigenvalue weighted by Gasteiger charge is 2.16. The monoisotopic (exact) mass is 263 g/mol. The van der Waals surface area contributed by atoms with Gasteiger partial charge in [0.15, 0.2) is 0 Å². The number of rotatable bonds is 3. The maximum Gasteiger partial charge on any atom is 0.255 e. The summed E-state index contributed by atoms with van der Waals surface area (Å²) in [6.45, 7) is 3.66. The van der Waals surface area contributed by atoms with E-state index in [9.17, 15) is 4.79 Å². The fourth-order valence-electron chi connectivity index (χ4n) is 1.80. The van der Waals surface area contributed by atoms with Crippen LogP contribution in [0.15, 0.2) is 41.0 Å². The van der Waals surface area contributed by atoms with Gasteiger partial charge in [-0.05, 0) is 31.5 Å². The summed E-state index contributed by atoms with van der Waals surface area (Å²) in [5.41, 5.74) is 1.45. The largest absolute Gasteiger partial charge is 0.469 e. The SMILES string of the molecule is Cc1occc1C(=O)NC(C)c1ccccc1Cl. The van der Waals surface area contributed by atoms with Gasteiger partial charge in [0.2, 0.25) is 0 Å². The van der Waals surface area contributed by atoms with Crippen LogP contribution in [0.2, 0.25) is 5.02 Å². The molecule has 1 unspecified atom stereocenters. The second kappa shape index (κ2) is 5.27. The number of aryl methyl sites for hydroxylation is 1. The summed E-state index contributed by atoms with van der Waals surface area (Å²) in [7, 11) is 0. The second-order valence-electron chi connectivity index (χ2n) is 4.11. The molecule has 1 heterocycles. The highest BCUT2D eigenvalue weighted by molar-refractivity contribution is 6.31.